The van der Waals surface area contributed by atoms with Gasteiger partial charge in [-0.1, -0.05) is 25.5 Å². The summed E-state index contributed by atoms with van der Waals surface area (Å²) in [6.07, 6.45) is 4.37. The van der Waals surface area contributed by atoms with E-state index in [1.807, 2.05) is 0 Å². The molecule has 0 unspecified atom stereocenters. The SMILES string of the molecule is CCCCNC(N)=NCCCc1ccc(N(C)C)cc1.I. The fourth-order valence-corrected chi connectivity index (χ4v) is 1.89. The third kappa shape index (κ3) is 8.80. The Hall–Kier alpha value is -0.980. The van der Waals surface area contributed by atoms with Gasteiger partial charge in [-0.2, -0.15) is 0 Å². The van der Waals surface area contributed by atoms with Gasteiger partial charge < -0.3 is 16.0 Å². The standard InChI is InChI=1S/C16H28N4.HI/c1-4-5-12-18-16(17)19-13-6-7-14-8-10-15(11-9-14)20(2)3;/h8-11H,4-7,12-13H2,1-3H3,(H3,17,18,19);1H. The van der Waals surface area contributed by atoms with Crippen molar-refractivity contribution in [2.24, 2.45) is 10.7 Å². The monoisotopic (exact) mass is 404 g/mol. The summed E-state index contributed by atoms with van der Waals surface area (Å²) in [6, 6.07) is 8.67. The maximum Gasteiger partial charge on any atom is 0.188 e. The van der Waals surface area contributed by atoms with E-state index >= 15 is 0 Å². The molecule has 0 aromatic heterocycles. The number of hydrogen-bond donors (Lipinski definition) is 2. The molecule has 120 valence electrons. The molecule has 1 aromatic carbocycles. The zero-order valence-electron chi connectivity index (χ0n) is 13.4. The molecule has 0 aliphatic rings. The zero-order valence-corrected chi connectivity index (χ0v) is 15.8. The van der Waals surface area contributed by atoms with E-state index in [1.165, 1.54) is 17.7 Å². The number of hydrogen-bond acceptors (Lipinski definition) is 2. The summed E-state index contributed by atoms with van der Waals surface area (Å²) in [4.78, 5) is 6.44. The Labute approximate surface area is 146 Å². The van der Waals surface area contributed by atoms with Gasteiger partial charge >= 0.3 is 0 Å². The van der Waals surface area contributed by atoms with Crippen molar-refractivity contribution in [1.82, 2.24) is 5.32 Å². The number of anilines is 1. The van der Waals surface area contributed by atoms with Crippen molar-refractivity contribution in [2.75, 3.05) is 32.1 Å². The maximum atomic E-state index is 5.78. The van der Waals surface area contributed by atoms with Crippen molar-refractivity contribution in [1.29, 1.82) is 0 Å². The van der Waals surface area contributed by atoms with E-state index in [0.717, 1.165) is 32.4 Å². The minimum Gasteiger partial charge on any atom is -0.378 e. The molecular formula is C16H29IN4. The van der Waals surface area contributed by atoms with Crippen LogP contribution >= 0.6 is 24.0 Å². The molecule has 3 N–H and O–H groups in total. The number of benzene rings is 1. The van der Waals surface area contributed by atoms with E-state index in [1.54, 1.807) is 0 Å². The normalized spacial score (nSPS) is 10.9. The van der Waals surface area contributed by atoms with Gasteiger partial charge in [0, 0.05) is 32.9 Å². The van der Waals surface area contributed by atoms with Gasteiger partial charge in [-0.05, 0) is 37.0 Å². The number of guanidine groups is 1. The highest BCUT2D eigenvalue weighted by atomic mass is 127. The molecule has 0 heterocycles. The molecule has 1 rings (SSSR count). The first-order valence-corrected chi connectivity index (χ1v) is 7.43. The van der Waals surface area contributed by atoms with Crippen molar-refractivity contribution in [3.8, 4) is 0 Å². The minimum absolute atomic E-state index is 0. The topological polar surface area (TPSA) is 53.6 Å². The van der Waals surface area contributed by atoms with E-state index in [4.69, 9.17) is 5.73 Å². The summed E-state index contributed by atoms with van der Waals surface area (Å²) < 4.78 is 0. The largest absolute Gasteiger partial charge is 0.378 e. The first-order chi connectivity index (χ1) is 9.63. The Bertz CT molecular complexity index is 401. The van der Waals surface area contributed by atoms with Crippen LogP contribution in [0.5, 0.6) is 0 Å². The van der Waals surface area contributed by atoms with Gasteiger partial charge in [0.1, 0.15) is 0 Å². The van der Waals surface area contributed by atoms with Crippen molar-refractivity contribution in [2.45, 2.75) is 32.6 Å². The van der Waals surface area contributed by atoms with E-state index < -0.39 is 0 Å². The Morgan fingerprint density at radius 3 is 2.43 bits per heavy atom. The molecule has 0 saturated carbocycles. The number of nitrogens with one attached hydrogen (secondary N) is 1. The summed E-state index contributed by atoms with van der Waals surface area (Å²) in [6.45, 7) is 3.86. The lowest BCUT2D eigenvalue weighted by molar-refractivity contribution is 0.744. The number of nitrogens with zero attached hydrogens (tertiary/aromatic N) is 2. The van der Waals surface area contributed by atoms with Crippen LogP contribution in [-0.4, -0.2) is 33.1 Å². The van der Waals surface area contributed by atoms with Crippen LogP contribution in [0.4, 0.5) is 5.69 Å². The molecule has 4 nitrogen and oxygen atoms in total. The highest BCUT2D eigenvalue weighted by Crippen LogP contribution is 2.13. The number of halogens is 1. The molecule has 0 aliphatic heterocycles. The summed E-state index contributed by atoms with van der Waals surface area (Å²) in [5, 5.41) is 3.12. The van der Waals surface area contributed by atoms with E-state index in [0.29, 0.717) is 5.96 Å². The van der Waals surface area contributed by atoms with E-state index in [2.05, 4.69) is 60.5 Å². The molecular weight excluding hydrogens is 375 g/mol. The molecule has 0 bridgehead atoms. The van der Waals surface area contributed by atoms with Gasteiger partial charge in [0.25, 0.3) is 0 Å². The number of unbranched alkanes of at least 4 members (excludes halogenated alkanes) is 1. The average molecular weight is 404 g/mol. The number of nitrogens with two attached hydrogens (primary N) is 1. The maximum absolute atomic E-state index is 5.78. The van der Waals surface area contributed by atoms with Gasteiger partial charge in [-0.15, -0.1) is 24.0 Å². The molecule has 0 aliphatic carbocycles. The molecule has 0 fully saturated rings. The minimum atomic E-state index is 0. The van der Waals surface area contributed by atoms with Gasteiger partial charge in [0.05, 0.1) is 0 Å². The number of aryl methyl sites for hydroxylation is 1. The first kappa shape index (κ1) is 20.0. The molecule has 0 atom stereocenters. The average Bonchev–Trinajstić information content (AvgIpc) is 2.44. The molecule has 0 amide bonds. The molecule has 21 heavy (non-hydrogen) atoms. The first-order valence-electron chi connectivity index (χ1n) is 7.43. The zero-order chi connectivity index (χ0) is 14.8. The fraction of sp³-hybridized carbons (Fsp3) is 0.562. The molecule has 1 aromatic rings. The smallest absolute Gasteiger partial charge is 0.188 e. The van der Waals surface area contributed by atoms with Gasteiger partial charge in [0.15, 0.2) is 5.96 Å². The predicted octanol–water partition coefficient (Wildman–Crippen LogP) is 3.01. The number of aliphatic imine (C=N–C) groups is 1. The quantitative estimate of drug-likeness (QED) is 0.303. The van der Waals surface area contributed by atoms with E-state index in [9.17, 15) is 0 Å². The molecule has 5 heteroatoms. The molecule has 0 spiro atoms. The Morgan fingerprint density at radius 1 is 1.19 bits per heavy atom. The molecule has 0 radical (unpaired) electrons. The second-order valence-corrected chi connectivity index (χ2v) is 5.21. The Kier molecular flexibility index (Phi) is 11.1. The molecule has 0 saturated heterocycles. The highest BCUT2D eigenvalue weighted by Gasteiger charge is 1.97. The second-order valence-electron chi connectivity index (χ2n) is 5.21. The van der Waals surface area contributed by atoms with Gasteiger partial charge in [-0.25, -0.2) is 0 Å². The summed E-state index contributed by atoms with van der Waals surface area (Å²) in [7, 11) is 4.11. The van der Waals surface area contributed by atoms with Crippen molar-refractivity contribution >= 4 is 35.6 Å². The summed E-state index contributed by atoms with van der Waals surface area (Å²) in [5.74, 6) is 0.571. The lowest BCUT2D eigenvalue weighted by Crippen LogP contribution is -2.32. The van der Waals surface area contributed by atoms with Crippen LogP contribution in [0.15, 0.2) is 29.3 Å². The van der Waals surface area contributed by atoms with Crippen LogP contribution in [0.1, 0.15) is 31.7 Å². The highest BCUT2D eigenvalue weighted by molar-refractivity contribution is 14.0. The predicted molar refractivity (Wildman–Crippen MR) is 104 cm³/mol. The lowest BCUT2D eigenvalue weighted by Gasteiger charge is -2.12. The van der Waals surface area contributed by atoms with Crippen LogP contribution in [0, 0.1) is 0 Å². The van der Waals surface area contributed by atoms with Crippen LogP contribution in [-0.2, 0) is 6.42 Å². The third-order valence-electron chi connectivity index (χ3n) is 3.19. The summed E-state index contributed by atoms with van der Waals surface area (Å²) >= 11 is 0. The third-order valence-corrected chi connectivity index (χ3v) is 3.19. The van der Waals surface area contributed by atoms with Crippen LogP contribution in [0.2, 0.25) is 0 Å². The van der Waals surface area contributed by atoms with Crippen LogP contribution in [0.25, 0.3) is 0 Å². The van der Waals surface area contributed by atoms with Crippen molar-refractivity contribution in [3.63, 3.8) is 0 Å². The second kappa shape index (κ2) is 11.7. The van der Waals surface area contributed by atoms with Gasteiger partial charge in [0.2, 0.25) is 0 Å². The van der Waals surface area contributed by atoms with Crippen LogP contribution in [0.3, 0.4) is 0 Å². The Balaban J connectivity index is 0.00000400. The van der Waals surface area contributed by atoms with E-state index in [-0.39, 0.29) is 24.0 Å². The summed E-state index contributed by atoms with van der Waals surface area (Å²) in [5.41, 5.74) is 8.36. The Morgan fingerprint density at radius 2 is 1.86 bits per heavy atom. The van der Waals surface area contributed by atoms with Crippen molar-refractivity contribution in [3.05, 3.63) is 29.8 Å². The lowest BCUT2D eigenvalue weighted by atomic mass is 10.1. The van der Waals surface area contributed by atoms with Crippen LogP contribution < -0.4 is 16.0 Å². The number of rotatable bonds is 8. The van der Waals surface area contributed by atoms with Crippen molar-refractivity contribution < 1.29 is 0 Å². The fourth-order valence-electron chi connectivity index (χ4n) is 1.89. The van der Waals surface area contributed by atoms with Gasteiger partial charge in [-0.3, -0.25) is 4.99 Å².